The highest BCUT2D eigenvalue weighted by atomic mass is 15.3. The van der Waals surface area contributed by atoms with Gasteiger partial charge in [-0.3, -0.25) is 4.68 Å². The Labute approximate surface area is 111 Å². The van der Waals surface area contributed by atoms with Crippen LogP contribution < -0.4 is 5.32 Å². The van der Waals surface area contributed by atoms with Crippen molar-refractivity contribution in [3.8, 4) is 0 Å². The number of aryl methyl sites for hydroxylation is 2. The predicted octanol–water partition coefficient (Wildman–Crippen LogP) is 2.86. The zero-order chi connectivity index (χ0) is 13.6. The van der Waals surface area contributed by atoms with Crippen LogP contribution in [0.5, 0.6) is 0 Å². The van der Waals surface area contributed by atoms with Gasteiger partial charge in [0.1, 0.15) is 0 Å². The maximum Gasteiger partial charge on any atom is 0.0624 e. The maximum absolute atomic E-state index is 4.45. The van der Waals surface area contributed by atoms with Gasteiger partial charge in [0.2, 0.25) is 0 Å². The van der Waals surface area contributed by atoms with Crippen LogP contribution in [-0.2, 0) is 19.9 Å². The predicted molar refractivity (Wildman–Crippen MR) is 77.8 cm³/mol. The molecule has 3 heteroatoms. The summed E-state index contributed by atoms with van der Waals surface area (Å²) in [5.41, 5.74) is 2.67. The second-order valence-corrected chi connectivity index (χ2v) is 5.75. The highest BCUT2D eigenvalue weighted by Gasteiger charge is 2.06. The van der Waals surface area contributed by atoms with E-state index < -0.39 is 0 Å². The Kier molecular flexibility index (Phi) is 5.60. The molecule has 1 heterocycles. The molecule has 1 aromatic heterocycles. The number of nitrogens with zero attached hydrogens (tertiary/aromatic N) is 2. The molecule has 0 atom stereocenters. The van der Waals surface area contributed by atoms with Crippen molar-refractivity contribution in [1.82, 2.24) is 15.1 Å². The van der Waals surface area contributed by atoms with Gasteiger partial charge in [-0.15, -0.1) is 0 Å². The van der Waals surface area contributed by atoms with Crippen LogP contribution in [0.25, 0.3) is 0 Å². The minimum Gasteiger partial charge on any atom is -0.312 e. The van der Waals surface area contributed by atoms with E-state index in [0.29, 0.717) is 0 Å². The van der Waals surface area contributed by atoms with E-state index in [2.05, 4.69) is 56.3 Å². The first-order chi connectivity index (χ1) is 8.42. The Morgan fingerprint density at radius 1 is 1.33 bits per heavy atom. The quantitative estimate of drug-likeness (QED) is 0.620. The third-order valence-electron chi connectivity index (χ3n) is 2.85. The van der Waals surface area contributed by atoms with Crippen LogP contribution in [0.3, 0.4) is 0 Å². The molecule has 0 saturated carbocycles. The third-order valence-corrected chi connectivity index (χ3v) is 2.85. The number of rotatable bonds is 6. The van der Waals surface area contributed by atoms with E-state index in [1.54, 1.807) is 0 Å². The van der Waals surface area contributed by atoms with E-state index in [1.807, 2.05) is 11.7 Å². The van der Waals surface area contributed by atoms with Gasteiger partial charge in [-0.05, 0) is 46.2 Å². The lowest BCUT2D eigenvalue weighted by atomic mass is 10.1. The molecule has 0 amide bonds. The molecule has 0 aliphatic heterocycles. The first-order valence-electron chi connectivity index (χ1n) is 6.84. The molecule has 1 aromatic rings. The van der Waals surface area contributed by atoms with Gasteiger partial charge in [-0.1, -0.05) is 19.1 Å². The number of nitrogens with one attached hydrogen (secondary N) is 1. The van der Waals surface area contributed by atoms with Crippen molar-refractivity contribution in [2.75, 3.05) is 6.54 Å². The van der Waals surface area contributed by atoms with Gasteiger partial charge in [0.25, 0.3) is 0 Å². The van der Waals surface area contributed by atoms with Gasteiger partial charge >= 0.3 is 0 Å². The second-order valence-electron chi connectivity index (χ2n) is 5.75. The number of allylic oxidation sites excluding steroid dienone is 1. The Hall–Kier alpha value is -1.09. The summed E-state index contributed by atoms with van der Waals surface area (Å²) in [6, 6.07) is 2.19. The smallest absolute Gasteiger partial charge is 0.0624 e. The van der Waals surface area contributed by atoms with Gasteiger partial charge in [-0.25, -0.2) is 0 Å². The van der Waals surface area contributed by atoms with E-state index in [9.17, 15) is 0 Å². The van der Waals surface area contributed by atoms with E-state index in [0.717, 1.165) is 25.8 Å². The Morgan fingerprint density at radius 2 is 2.06 bits per heavy atom. The van der Waals surface area contributed by atoms with Gasteiger partial charge in [0, 0.05) is 24.7 Å². The summed E-state index contributed by atoms with van der Waals surface area (Å²) in [5, 5.41) is 7.92. The van der Waals surface area contributed by atoms with Crippen LogP contribution in [0.2, 0.25) is 0 Å². The minimum absolute atomic E-state index is 0.214. The third kappa shape index (κ3) is 5.50. The lowest BCUT2D eigenvalue weighted by Gasteiger charge is -2.19. The standard InChI is InChI=1S/C15H27N3/c1-6-13-12-14(18(5)17-13)10-8-7-9-11-16-15(2,3)4/h7-8,12,16H,6,9-11H2,1-5H3. The van der Waals surface area contributed by atoms with Crippen LogP contribution in [0.15, 0.2) is 18.2 Å². The number of hydrogen-bond acceptors (Lipinski definition) is 2. The normalized spacial score (nSPS) is 12.5. The van der Waals surface area contributed by atoms with Crippen molar-refractivity contribution in [2.45, 2.75) is 52.5 Å². The molecule has 18 heavy (non-hydrogen) atoms. The fourth-order valence-electron chi connectivity index (χ4n) is 1.79. The number of hydrogen-bond donors (Lipinski definition) is 1. The van der Waals surface area contributed by atoms with Crippen molar-refractivity contribution in [3.05, 3.63) is 29.6 Å². The lowest BCUT2D eigenvalue weighted by molar-refractivity contribution is 0.431. The first-order valence-corrected chi connectivity index (χ1v) is 6.84. The Balaban J connectivity index is 2.29. The van der Waals surface area contributed by atoms with Crippen molar-refractivity contribution in [2.24, 2.45) is 7.05 Å². The summed E-state index contributed by atoms with van der Waals surface area (Å²) in [5.74, 6) is 0. The largest absolute Gasteiger partial charge is 0.312 e. The average molecular weight is 249 g/mol. The fourth-order valence-corrected chi connectivity index (χ4v) is 1.79. The van der Waals surface area contributed by atoms with E-state index in [4.69, 9.17) is 0 Å². The topological polar surface area (TPSA) is 29.9 Å². The highest BCUT2D eigenvalue weighted by molar-refractivity contribution is 5.13. The monoisotopic (exact) mass is 249 g/mol. The van der Waals surface area contributed by atoms with Crippen LogP contribution >= 0.6 is 0 Å². The summed E-state index contributed by atoms with van der Waals surface area (Å²) in [6.45, 7) is 9.75. The van der Waals surface area contributed by atoms with Crippen molar-refractivity contribution in [3.63, 3.8) is 0 Å². The van der Waals surface area contributed by atoms with Gasteiger partial charge < -0.3 is 5.32 Å². The second kappa shape index (κ2) is 6.74. The van der Waals surface area contributed by atoms with Gasteiger partial charge in [0.05, 0.1) is 5.69 Å². The van der Waals surface area contributed by atoms with Crippen molar-refractivity contribution in [1.29, 1.82) is 0 Å². The molecule has 3 nitrogen and oxygen atoms in total. The molecule has 0 spiro atoms. The molecular weight excluding hydrogens is 222 g/mol. The molecular formula is C15H27N3. The van der Waals surface area contributed by atoms with Crippen molar-refractivity contribution >= 4 is 0 Å². The lowest BCUT2D eigenvalue weighted by Crippen LogP contribution is -2.36. The van der Waals surface area contributed by atoms with Crippen LogP contribution in [-0.4, -0.2) is 21.9 Å². The molecule has 0 aliphatic rings. The number of aromatic nitrogens is 2. The Morgan fingerprint density at radius 3 is 2.61 bits per heavy atom. The van der Waals surface area contributed by atoms with E-state index in [1.165, 1.54) is 11.4 Å². The van der Waals surface area contributed by atoms with Crippen LogP contribution in [0, 0.1) is 0 Å². The van der Waals surface area contributed by atoms with E-state index >= 15 is 0 Å². The molecule has 0 bridgehead atoms. The summed E-state index contributed by atoms with van der Waals surface area (Å²) < 4.78 is 1.98. The molecule has 0 aliphatic carbocycles. The summed E-state index contributed by atoms with van der Waals surface area (Å²) in [4.78, 5) is 0. The van der Waals surface area contributed by atoms with Gasteiger partial charge in [-0.2, -0.15) is 5.10 Å². The summed E-state index contributed by atoms with van der Waals surface area (Å²) in [7, 11) is 2.02. The first kappa shape index (κ1) is 15.0. The molecule has 0 fully saturated rings. The van der Waals surface area contributed by atoms with Crippen LogP contribution in [0.1, 0.15) is 45.5 Å². The molecule has 0 aromatic carbocycles. The molecule has 0 saturated heterocycles. The van der Waals surface area contributed by atoms with E-state index in [-0.39, 0.29) is 5.54 Å². The average Bonchev–Trinajstić information content (AvgIpc) is 2.63. The zero-order valence-corrected chi connectivity index (χ0v) is 12.5. The molecule has 1 rings (SSSR count). The SMILES string of the molecule is CCc1cc(CC=CCCNC(C)(C)C)n(C)n1. The summed E-state index contributed by atoms with van der Waals surface area (Å²) in [6.07, 6.45) is 7.54. The highest BCUT2D eigenvalue weighted by Crippen LogP contribution is 2.05. The maximum atomic E-state index is 4.45. The minimum atomic E-state index is 0.214. The molecule has 0 radical (unpaired) electrons. The zero-order valence-electron chi connectivity index (χ0n) is 12.5. The fraction of sp³-hybridized carbons (Fsp3) is 0.667. The molecule has 0 unspecified atom stereocenters. The summed E-state index contributed by atoms with van der Waals surface area (Å²) >= 11 is 0. The van der Waals surface area contributed by atoms with Gasteiger partial charge in [0.15, 0.2) is 0 Å². The van der Waals surface area contributed by atoms with Crippen molar-refractivity contribution < 1.29 is 0 Å². The molecule has 102 valence electrons. The Bertz CT molecular complexity index is 383. The molecule has 1 N–H and O–H groups in total. The van der Waals surface area contributed by atoms with Crippen LogP contribution in [0.4, 0.5) is 0 Å².